The number of unbranched alkanes of at least 4 members (excludes halogenated alkanes) is 30. The van der Waals surface area contributed by atoms with Crippen LogP contribution >= 0.6 is 0 Å². The molecule has 0 fully saturated rings. The fourth-order valence-electron chi connectivity index (χ4n) is 9.92. The molecular formula is C55H94N2. The van der Waals surface area contributed by atoms with Gasteiger partial charge in [-0.05, 0) is 30.4 Å². The van der Waals surface area contributed by atoms with Crippen LogP contribution in [-0.2, 0) is 6.42 Å². The summed E-state index contributed by atoms with van der Waals surface area (Å²) in [5.74, 6) is 0.441. The molecule has 2 aromatic carbocycles. The highest BCUT2D eigenvalue weighted by molar-refractivity contribution is 5.30. The first kappa shape index (κ1) is 49.1. The minimum Gasteiger partial charge on any atom is -0.353 e. The molecule has 0 amide bonds. The largest absolute Gasteiger partial charge is 0.353 e. The maximum absolute atomic E-state index is 2.80. The van der Waals surface area contributed by atoms with Crippen LogP contribution in [0.25, 0.3) is 0 Å². The van der Waals surface area contributed by atoms with Crippen molar-refractivity contribution in [3.05, 3.63) is 84.2 Å². The van der Waals surface area contributed by atoms with Crippen LogP contribution in [-0.4, -0.2) is 28.6 Å². The number of hydrogen-bond acceptors (Lipinski definition) is 2. The highest BCUT2D eigenvalue weighted by atomic mass is 15.4. The monoisotopic (exact) mass is 783 g/mol. The van der Waals surface area contributed by atoms with Crippen molar-refractivity contribution in [3.8, 4) is 0 Å². The van der Waals surface area contributed by atoms with E-state index < -0.39 is 0 Å². The van der Waals surface area contributed by atoms with Crippen LogP contribution in [0.4, 0.5) is 0 Å². The molecule has 0 saturated heterocycles. The number of rotatable bonds is 39. The second-order valence-corrected chi connectivity index (χ2v) is 18.2. The van der Waals surface area contributed by atoms with Gasteiger partial charge in [0.15, 0.2) is 0 Å². The molecule has 1 aliphatic rings. The summed E-state index contributed by atoms with van der Waals surface area (Å²) in [5.41, 5.74) is 2.89. The van der Waals surface area contributed by atoms with Gasteiger partial charge in [-0.15, -0.1) is 0 Å². The Hall–Kier alpha value is -2.22. The zero-order chi connectivity index (χ0) is 40.3. The molecule has 1 aliphatic heterocycles. The Bertz CT molecular complexity index is 1130. The average Bonchev–Trinajstić information content (AvgIpc) is 3.57. The maximum atomic E-state index is 2.80. The number of benzene rings is 2. The molecule has 2 aromatic rings. The number of nitrogens with zero attached hydrogens (tertiary/aromatic N) is 2. The van der Waals surface area contributed by atoms with Gasteiger partial charge >= 0.3 is 0 Å². The molecule has 0 aliphatic carbocycles. The second kappa shape index (κ2) is 33.6. The van der Waals surface area contributed by atoms with E-state index in [0.717, 1.165) is 25.9 Å². The van der Waals surface area contributed by atoms with E-state index in [1.165, 1.54) is 217 Å². The Morgan fingerprint density at radius 3 is 0.982 bits per heavy atom. The highest BCUT2D eigenvalue weighted by Gasteiger charge is 2.49. The normalized spacial score (nSPS) is 14.2. The van der Waals surface area contributed by atoms with Gasteiger partial charge in [0.1, 0.15) is 5.66 Å². The molecule has 57 heavy (non-hydrogen) atoms. The van der Waals surface area contributed by atoms with Crippen LogP contribution in [0.2, 0.25) is 0 Å². The summed E-state index contributed by atoms with van der Waals surface area (Å²) in [4.78, 5) is 5.61. The van der Waals surface area contributed by atoms with Crippen molar-refractivity contribution in [2.45, 2.75) is 251 Å². The zero-order valence-corrected chi connectivity index (χ0v) is 38.4. The average molecular weight is 783 g/mol. The van der Waals surface area contributed by atoms with Gasteiger partial charge in [-0.1, -0.05) is 274 Å². The van der Waals surface area contributed by atoms with Crippen molar-refractivity contribution in [1.29, 1.82) is 0 Å². The summed E-state index contributed by atoms with van der Waals surface area (Å²) >= 11 is 0. The Morgan fingerprint density at radius 1 is 0.368 bits per heavy atom. The standard InChI is InChI=1S/C55H94N2/c1-4-7-9-11-13-15-17-19-21-23-25-27-29-31-33-41-47-56-49-50-57(48-42-34-32-30-28-26-24-22-20-18-16-14-12-10-8-5-2)55(56,51-52-43-37-35-38-44-52)54(6-3)53-45-39-36-40-46-53/h35-40,43-46,49-50,54H,4-34,41-42,47-48,51H2,1-3H3. The van der Waals surface area contributed by atoms with Gasteiger partial charge in [-0.2, -0.15) is 0 Å². The van der Waals surface area contributed by atoms with Crippen molar-refractivity contribution >= 4 is 0 Å². The molecular weight excluding hydrogens is 689 g/mol. The van der Waals surface area contributed by atoms with Gasteiger partial charge in [-0.25, -0.2) is 0 Å². The van der Waals surface area contributed by atoms with E-state index in [0.29, 0.717) is 5.92 Å². The topological polar surface area (TPSA) is 6.48 Å². The summed E-state index contributed by atoms with van der Waals surface area (Å²) < 4.78 is 0. The van der Waals surface area contributed by atoms with Crippen LogP contribution in [0.15, 0.2) is 73.1 Å². The first-order valence-corrected chi connectivity index (χ1v) is 25.6. The van der Waals surface area contributed by atoms with Gasteiger partial charge in [0, 0.05) is 37.8 Å². The summed E-state index contributed by atoms with van der Waals surface area (Å²) in [7, 11) is 0. The lowest BCUT2D eigenvalue weighted by molar-refractivity contribution is -0.00378. The Morgan fingerprint density at radius 2 is 0.667 bits per heavy atom. The first-order valence-electron chi connectivity index (χ1n) is 25.6. The lowest BCUT2D eigenvalue weighted by Crippen LogP contribution is -2.59. The molecule has 0 aromatic heterocycles. The molecule has 0 radical (unpaired) electrons. The summed E-state index contributed by atoms with van der Waals surface area (Å²) in [5, 5.41) is 0. The third-order valence-corrected chi connectivity index (χ3v) is 13.4. The van der Waals surface area contributed by atoms with E-state index in [1.807, 2.05) is 0 Å². The summed E-state index contributed by atoms with van der Waals surface area (Å²) in [6.45, 7) is 9.36. The Labute approximate surface area is 356 Å². The smallest absolute Gasteiger partial charge is 0.123 e. The third-order valence-electron chi connectivity index (χ3n) is 13.4. The lowest BCUT2D eigenvalue weighted by Gasteiger charge is -2.51. The Kier molecular flexibility index (Phi) is 29.0. The van der Waals surface area contributed by atoms with E-state index in [-0.39, 0.29) is 5.66 Å². The van der Waals surface area contributed by atoms with Crippen molar-refractivity contribution in [2.24, 2.45) is 0 Å². The van der Waals surface area contributed by atoms with Crippen molar-refractivity contribution in [2.75, 3.05) is 13.1 Å². The zero-order valence-electron chi connectivity index (χ0n) is 38.4. The van der Waals surface area contributed by atoms with Crippen LogP contribution in [0, 0.1) is 0 Å². The molecule has 0 N–H and O–H groups in total. The predicted molar refractivity (Wildman–Crippen MR) is 254 cm³/mol. The second-order valence-electron chi connectivity index (χ2n) is 18.2. The van der Waals surface area contributed by atoms with Crippen molar-refractivity contribution < 1.29 is 0 Å². The predicted octanol–water partition coefficient (Wildman–Crippen LogP) is 17.7. The van der Waals surface area contributed by atoms with Gasteiger partial charge < -0.3 is 9.80 Å². The SMILES string of the molecule is CCCCCCCCCCCCCCCCCCN1C=CN(CCCCCCCCCCCCCCCCCC)C1(Cc1ccccc1)C(CC)c1ccccc1. The molecule has 2 nitrogen and oxygen atoms in total. The van der Waals surface area contributed by atoms with Crippen LogP contribution in [0.3, 0.4) is 0 Å². The van der Waals surface area contributed by atoms with Crippen molar-refractivity contribution in [3.63, 3.8) is 0 Å². The van der Waals surface area contributed by atoms with E-state index in [2.05, 4.69) is 104 Å². The minimum absolute atomic E-state index is 0.0670. The summed E-state index contributed by atoms with van der Waals surface area (Å²) in [6, 6.07) is 22.9. The number of hydrogen-bond donors (Lipinski definition) is 0. The Balaban J connectivity index is 1.45. The molecule has 1 unspecified atom stereocenters. The van der Waals surface area contributed by atoms with Crippen LogP contribution in [0.1, 0.15) is 250 Å². The van der Waals surface area contributed by atoms with Gasteiger partial charge in [0.25, 0.3) is 0 Å². The van der Waals surface area contributed by atoms with Crippen molar-refractivity contribution in [1.82, 2.24) is 9.80 Å². The van der Waals surface area contributed by atoms with Gasteiger partial charge in [-0.3, -0.25) is 0 Å². The molecule has 0 bridgehead atoms. The third kappa shape index (κ3) is 20.5. The fourth-order valence-corrected chi connectivity index (χ4v) is 9.92. The highest BCUT2D eigenvalue weighted by Crippen LogP contribution is 2.45. The minimum atomic E-state index is -0.0670. The molecule has 0 spiro atoms. The van der Waals surface area contributed by atoms with Gasteiger partial charge in [0.05, 0.1) is 0 Å². The first-order chi connectivity index (χ1) is 28.3. The molecule has 1 atom stereocenters. The molecule has 324 valence electrons. The van der Waals surface area contributed by atoms with E-state index >= 15 is 0 Å². The molecule has 3 rings (SSSR count). The lowest BCUT2D eigenvalue weighted by atomic mass is 9.78. The molecule has 1 heterocycles. The summed E-state index contributed by atoms with van der Waals surface area (Å²) in [6.07, 6.45) is 52.7. The van der Waals surface area contributed by atoms with Crippen LogP contribution < -0.4 is 0 Å². The van der Waals surface area contributed by atoms with Crippen LogP contribution in [0.5, 0.6) is 0 Å². The quantitative estimate of drug-likeness (QED) is 0.0623. The fraction of sp³-hybridized carbons (Fsp3) is 0.745. The molecule has 2 heteroatoms. The molecule has 0 saturated carbocycles. The maximum Gasteiger partial charge on any atom is 0.123 e. The van der Waals surface area contributed by atoms with E-state index in [9.17, 15) is 0 Å². The van der Waals surface area contributed by atoms with Gasteiger partial charge in [0.2, 0.25) is 0 Å². The van der Waals surface area contributed by atoms with E-state index in [1.54, 1.807) is 0 Å². The van der Waals surface area contributed by atoms with E-state index in [4.69, 9.17) is 0 Å².